The molecule has 0 unspecified atom stereocenters. The van der Waals surface area contributed by atoms with Crippen LogP contribution in [0.2, 0.25) is 0 Å². The van der Waals surface area contributed by atoms with Crippen LogP contribution in [-0.2, 0) is 0 Å². The zero-order valence-corrected chi connectivity index (χ0v) is 16.0. The van der Waals surface area contributed by atoms with Crippen molar-refractivity contribution in [3.63, 3.8) is 0 Å². The van der Waals surface area contributed by atoms with E-state index in [4.69, 9.17) is 14.2 Å². The van der Waals surface area contributed by atoms with Crippen LogP contribution in [0.15, 0.2) is 35.4 Å². The molecule has 0 aliphatic heterocycles. The van der Waals surface area contributed by atoms with E-state index in [1.807, 2.05) is 44.2 Å². The maximum atomic E-state index is 5.75. The number of fused-ring (bicyclic) bond motifs is 1. The number of hydrogen-bond donors (Lipinski definition) is 2. The molecule has 2 N–H and O–H groups in total. The predicted molar refractivity (Wildman–Crippen MR) is 107 cm³/mol. The summed E-state index contributed by atoms with van der Waals surface area (Å²) >= 11 is 0. The van der Waals surface area contributed by atoms with Gasteiger partial charge in [0.25, 0.3) is 0 Å². The molecule has 0 radical (unpaired) electrons. The van der Waals surface area contributed by atoms with Gasteiger partial charge in [-0.05, 0) is 43.2 Å². The number of hydrazone groups is 1. The molecule has 3 rings (SSSR count). The van der Waals surface area contributed by atoms with Gasteiger partial charge in [-0.15, -0.1) is 0 Å². The minimum atomic E-state index is 0.577. The maximum Gasteiger partial charge on any atom is 0.222 e. The van der Waals surface area contributed by atoms with E-state index in [9.17, 15) is 0 Å². The summed E-state index contributed by atoms with van der Waals surface area (Å²) in [5, 5.41) is 4.25. The Bertz CT molecular complexity index is 925. The Hall–Kier alpha value is -3.22. The third kappa shape index (κ3) is 4.31. The van der Waals surface area contributed by atoms with E-state index in [1.54, 1.807) is 20.4 Å². The van der Waals surface area contributed by atoms with E-state index in [0.29, 0.717) is 29.8 Å². The topological polar surface area (TPSA) is 80.8 Å². The minimum absolute atomic E-state index is 0.577. The molecule has 0 saturated heterocycles. The van der Waals surface area contributed by atoms with E-state index in [1.165, 1.54) is 5.56 Å². The van der Waals surface area contributed by atoms with Crippen molar-refractivity contribution in [1.29, 1.82) is 0 Å². The van der Waals surface area contributed by atoms with E-state index in [2.05, 4.69) is 20.5 Å². The summed E-state index contributed by atoms with van der Waals surface area (Å²) in [6, 6.07) is 9.74. The number of nitrogens with zero attached hydrogens (tertiary/aromatic N) is 2. The van der Waals surface area contributed by atoms with Crippen molar-refractivity contribution in [3.05, 3.63) is 41.5 Å². The third-order valence-electron chi connectivity index (χ3n) is 3.95. The summed E-state index contributed by atoms with van der Waals surface area (Å²) in [6.45, 7) is 4.68. The first-order valence-electron chi connectivity index (χ1n) is 8.79. The van der Waals surface area contributed by atoms with Crippen molar-refractivity contribution < 1.29 is 14.2 Å². The monoisotopic (exact) mass is 368 g/mol. The van der Waals surface area contributed by atoms with Crippen molar-refractivity contribution in [2.75, 3.05) is 26.3 Å². The molecule has 142 valence electrons. The van der Waals surface area contributed by atoms with Crippen molar-refractivity contribution in [1.82, 2.24) is 9.97 Å². The molecule has 0 bridgehead atoms. The van der Waals surface area contributed by atoms with Crippen LogP contribution in [0.3, 0.4) is 0 Å². The van der Waals surface area contributed by atoms with Gasteiger partial charge >= 0.3 is 0 Å². The quantitative estimate of drug-likeness (QED) is 0.462. The number of benzene rings is 2. The lowest BCUT2D eigenvalue weighted by atomic mass is 10.2. The first-order valence-corrected chi connectivity index (χ1v) is 8.79. The number of aromatic nitrogens is 2. The van der Waals surface area contributed by atoms with Gasteiger partial charge in [-0.2, -0.15) is 5.10 Å². The molecule has 7 heteroatoms. The Balaban J connectivity index is 1.79. The average molecular weight is 368 g/mol. The summed E-state index contributed by atoms with van der Waals surface area (Å²) < 4.78 is 16.6. The minimum Gasteiger partial charge on any atom is -0.493 e. The Morgan fingerprint density at radius 1 is 1.15 bits per heavy atom. The molecule has 0 fully saturated rings. The number of rotatable bonds is 8. The fourth-order valence-electron chi connectivity index (χ4n) is 2.67. The summed E-state index contributed by atoms with van der Waals surface area (Å²) in [5.41, 5.74) is 6.75. The summed E-state index contributed by atoms with van der Waals surface area (Å²) in [7, 11) is 3.20. The van der Waals surface area contributed by atoms with Crippen molar-refractivity contribution in [2.24, 2.45) is 5.10 Å². The standard InChI is InChI=1S/C20H24N4O3/c1-5-8-27-19-17(25-3)10-14(11-18(19)26-4)12-21-24-20-22-15-7-6-13(2)9-16(15)23-20/h6-7,9-12H,5,8H2,1-4H3,(H2,22,23,24)/b21-12-. The number of imidazole rings is 1. The summed E-state index contributed by atoms with van der Waals surface area (Å²) in [6.07, 6.45) is 2.57. The highest BCUT2D eigenvalue weighted by Gasteiger charge is 2.13. The van der Waals surface area contributed by atoms with Gasteiger partial charge in [-0.25, -0.2) is 10.4 Å². The lowest BCUT2D eigenvalue weighted by Crippen LogP contribution is -2.02. The zero-order valence-electron chi connectivity index (χ0n) is 16.0. The SMILES string of the molecule is CCCOc1c(OC)cc(/C=N\Nc2nc3ccc(C)cc3[nH]2)cc1OC. The normalized spacial score (nSPS) is 11.1. The number of nitrogens with one attached hydrogen (secondary N) is 2. The van der Waals surface area contributed by atoms with Gasteiger partial charge in [0.05, 0.1) is 38.1 Å². The number of ether oxygens (including phenoxy) is 3. The van der Waals surface area contributed by atoms with Crippen molar-refractivity contribution >= 4 is 23.2 Å². The Morgan fingerprint density at radius 3 is 2.56 bits per heavy atom. The highest BCUT2D eigenvalue weighted by molar-refractivity contribution is 5.83. The second-order valence-electron chi connectivity index (χ2n) is 6.08. The number of H-pyrrole nitrogens is 1. The molecule has 7 nitrogen and oxygen atoms in total. The fourth-order valence-corrected chi connectivity index (χ4v) is 2.67. The van der Waals surface area contributed by atoms with Crippen molar-refractivity contribution in [3.8, 4) is 17.2 Å². The molecule has 0 aliphatic carbocycles. The van der Waals surface area contributed by atoms with E-state index in [0.717, 1.165) is 23.0 Å². The first-order chi connectivity index (χ1) is 13.1. The smallest absolute Gasteiger partial charge is 0.222 e. The largest absolute Gasteiger partial charge is 0.493 e. The molecule has 0 aliphatic rings. The highest BCUT2D eigenvalue weighted by atomic mass is 16.5. The molecule has 3 aromatic rings. The Labute approximate surface area is 158 Å². The Morgan fingerprint density at radius 2 is 1.89 bits per heavy atom. The van der Waals surface area contributed by atoms with Crippen LogP contribution < -0.4 is 19.6 Å². The lowest BCUT2D eigenvalue weighted by molar-refractivity contribution is 0.275. The second kappa shape index (κ2) is 8.44. The molecule has 0 atom stereocenters. The number of aryl methyl sites for hydroxylation is 1. The molecule has 27 heavy (non-hydrogen) atoms. The predicted octanol–water partition coefficient (Wildman–Crippen LogP) is 4.12. The first kappa shape index (κ1) is 18.6. The zero-order chi connectivity index (χ0) is 19.2. The van der Waals surface area contributed by atoms with E-state index >= 15 is 0 Å². The van der Waals surface area contributed by atoms with Crippen LogP contribution in [-0.4, -0.2) is 37.0 Å². The average Bonchev–Trinajstić information content (AvgIpc) is 3.07. The van der Waals surface area contributed by atoms with Gasteiger partial charge in [0.15, 0.2) is 11.5 Å². The molecule has 2 aromatic carbocycles. The maximum absolute atomic E-state index is 5.75. The molecule has 1 heterocycles. The van der Waals surface area contributed by atoms with Gasteiger partial charge in [-0.3, -0.25) is 0 Å². The molecular formula is C20H24N4O3. The van der Waals surface area contributed by atoms with Gasteiger partial charge in [0.1, 0.15) is 0 Å². The van der Waals surface area contributed by atoms with Crippen molar-refractivity contribution in [2.45, 2.75) is 20.3 Å². The van der Waals surface area contributed by atoms with Crippen LogP contribution in [0.4, 0.5) is 5.95 Å². The summed E-state index contributed by atoms with van der Waals surface area (Å²) in [5.74, 6) is 2.38. The molecule has 1 aromatic heterocycles. The second-order valence-corrected chi connectivity index (χ2v) is 6.08. The number of methoxy groups -OCH3 is 2. The fraction of sp³-hybridized carbons (Fsp3) is 0.300. The third-order valence-corrected chi connectivity index (χ3v) is 3.95. The van der Waals surface area contributed by atoms with E-state index in [-0.39, 0.29) is 0 Å². The van der Waals surface area contributed by atoms with Crippen LogP contribution in [0.1, 0.15) is 24.5 Å². The number of anilines is 1. The lowest BCUT2D eigenvalue weighted by Gasteiger charge is -2.14. The van der Waals surface area contributed by atoms with Crippen LogP contribution in [0, 0.1) is 6.92 Å². The summed E-state index contributed by atoms with van der Waals surface area (Å²) in [4.78, 5) is 7.65. The van der Waals surface area contributed by atoms with Gasteiger partial charge < -0.3 is 19.2 Å². The van der Waals surface area contributed by atoms with Crippen LogP contribution in [0.5, 0.6) is 17.2 Å². The number of hydrogen-bond acceptors (Lipinski definition) is 6. The Kier molecular flexibility index (Phi) is 5.80. The van der Waals surface area contributed by atoms with Gasteiger partial charge in [-0.1, -0.05) is 13.0 Å². The molecule has 0 amide bonds. The van der Waals surface area contributed by atoms with Gasteiger partial charge in [0, 0.05) is 5.56 Å². The molecular weight excluding hydrogens is 344 g/mol. The molecule has 0 spiro atoms. The highest BCUT2D eigenvalue weighted by Crippen LogP contribution is 2.38. The molecule has 0 saturated carbocycles. The van der Waals surface area contributed by atoms with Gasteiger partial charge in [0.2, 0.25) is 11.7 Å². The van der Waals surface area contributed by atoms with Crippen LogP contribution in [0.25, 0.3) is 11.0 Å². The van der Waals surface area contributed by atoms with Crippen LogP contribution >= 0.6 is 0 Å². The number of aromatic amines is 1. The van der Waals surface area contributed by atoms with E-state index < -0.39 is 0 Å².